The first-order valence-electron chi connectivity index (χ1n) is 4.87. The summed E-state index contributed by atoms with van der Waals surface area (Å²) in [7, 11) is 3.30. The van der Waals surface area contributed by atoms with Crippen LogP contribution in [0.1, 0.15) is 0 Å². The molecule has 0 aliphatic rings. The molecule has 0 aliphatic carbocycles. The Labute approximate surface area is 116 Å². The van der Waals surface area contributed by atoms with Gasteiger partial charge >= 0.3 is 20.4 Å². The Balaban J connectivity index is 0.000000284. The van der Waals surface area contributed by atoms with E-state index in [0.29, 0.717) is 0 Å². The van der Waals surface area contributed by atoms with Gasteiger partial charge in [0.05, 0.1) is 14.2 Å². The van der Waals surface area contributed by atoms with Gasteiger partial charge in [0.15, 0.2) is 0 Å². The summed E-state index contributed by atoms with van der Waals surface area (Å²) in [6.45, 7) is 0. The fourth-order valence-electron chi connectivity index (χ4n) is 1.02. The first-order chi connectivity index (χ1) is 7.86. The van der Waals surface area contributed by atoms with E-state index in [2.05, 4.69) is 12.1 Å². The van der Waals surface area contributed by atoms with Gasteiger partial charge in [-0.2, -0.15) is 36.4 Å². The van der Waals surface area contributed by atoms with Gasteiger partial charge in [-0.3, -0.25) is 0 Å². The molecule has 0 fully saturated rings. The Morgan fingerprint density at radius 1 is 0.706 bits per heavy atom. The van der Waals surface area contributed by atoms with E-state index in [-0.39, 0.29) is 20.4 Å². The number of methoxy groups -OCH3 is 2. The molecule has 0 spiro atoms. The summed E-state index contributed by atoms with van der Waals surface area (Å²) < 4.78 is 9.79. The van der Waals surface area contributed by atoms with Crippen LogP contribution in [0.15, 0.2) is 48.5 Å². The van der Waals surface area contributed by atoms with Crippen LogP contribution in [-0.4, -0.2) is 14.2 Å². The predicted octanol–water partition coefficient (Wildman–Crippen LogP) is 2.99. The zero-order valence-corrected chi connectivity index (χ0v) is 11.3. The van der Waals surface area contributed by atoms with Crippen LogP contribution in [0.3, 0.4) is 0 Å². The average Bonchev–Trinajstić information content (AvgIpc) is 2.41. The molecular formula is C14H14O2Pd. The zero-order valence-electron chi connectivity index (χ0n) is 9.75. The molecule has 0 N–H and O–H groups in total. The molecule has 0 unspecified atom stereocenters. The third kappa shape index (κ3) is 6.78. The second-order valence-electron chi connectivity index (χ2n) is 2.88. The van der Waals surface area contributed by atoms with Crippen LogP contribution < -0.4 is 9.47 Å². The third-order valence-corrected chi connectivity index (χ3v) is 1.85. The molecule has 0 heterocycles. The Morgan fingerprint density at radius 3 is 1.18 bits per heavy atom. The summed E-state index contributed by atoms with van der Waals surface area (Å²) >= 11 is 0. The van der Waals surface area contributed by atoms with Crippen molar-refractivity contribution >= 4 is 0 Å². The quantitative estimate of drug-likeness (QED) is 0.625. The molecule has 0 atom stereocenters. The fourth-order valence-corrected chi connectivity index (χ4v) is 1.02. The van der Waals surface area contributed by atoms with E-state index >= 15 is 0 Å². The maximum Gasteiger partial charge on any atom is 2.00 e. The van der Waals surface area contributed by atoms with Crippen molar-refractivity contribution in [3.63, 3.8) is 0 Å². The van der Waals surface area contributed by atoms with Crippen LogP contribution in [0.25, 0.3) is 0 Å². The SMILES string of the molecule is COc1cc[c-]cc1.COc1cc[c-]cc1.[Pd+2]. The van der Waals surface area contributed by atoms with Crippen molar-refractivity contribution in [2.45, 2.75) is 0 Å². The normalized spacial score (nSPS) is 8.12. The minimum Gasteiger partial charge on any atom is -0.522 e. The van der Waals surface area contributed by atoms with Gasteiger partial charge in [-0.25, -0.2) is 0 Å². The van der Waals surface area contributed by atoms with Crippen LogP contribution >= 0.6 is 0 Å². The molecule has 2 aromatic rings. The monoisotopic (exact) mass is 320 g/mol. The van der Waals surface area contributed by atoms with Gasteiger partial charge in [0.1, 0.15) is 0 Å². The number of hydrogen-bond donors (Lipinski definition) is 0. The Hall–Kier alpha value is -1.30. The van der Waals surface area contributed by atoms with Crippen LogP contribution in [-0.2, 0) is 20.4 Å². The molecule has 0 saturated carbocycles. The maximum absolute atomic E-state index is 4.89. The molecule has 2 rings (SSSR count). The van der Waals surface area contributed by atoms with Gasteiger partial charge < -0.3 is 9.47 Å². The second kappa shape index (κ2) is 9.90. The Morgan fingerprint density at radius 2 is 1.00 bits per heavy atom. The number of ether oxygens (including phenoxy) is 2. The van der Waals surface area contributed by atoms with Crippen molar-refractivity contribution in [2.75, 3.05) is 14.2 Å². The van der Waals surface area contributed by atoms with Gasteiger partial charge in [-0.05, 0) is 0 Å². The second-order valence-corrected chi connectivity index (χ2v) is 2.88. The molecule has 0 aromatic heterocycles. The van der Waals surface area contributed by atoms with E-state index < -0.39 is 0 Å². The van der Waals surface area contributed by atoms with Crippen molar-refractivity contribution in [3.8, 4) is 11.5 Å². The van der Waals surface area contributed by atoms with E-state index in [1.807, 2.05) is 48.5 Å². The predicted molar refractivity (Wildman–Crippen MR) is 63.7 cm³/mol. The first-order valence-corrected chi connectivity index (χ1v) is 4.87. The zero-order chi connectivity index (χ0) is 11.6. The molecule has 3 heteroatoms. The smallest absolute Gasteiger partial charge is 0.522 e. The van der Waals surface area contributed by atoms with E-state index in [9.17, 15) is 0 Å². The van der Waals surface area contributed by atoms with Gasteiger partial charge in [0.25, 0.3) is 0 Å². The number of rotatable bonds is 2. The van der Waals surface area contributed by atoms with Gasteiger partial charge in [0.2, 0.25) is 0 Å². The van der Waals surface area contributed by atoms with Crippen LogP contribution in [0.4, 0.5) is 0 Å². The molecule has 0 radical (unpaired) electrons. The Bertz CT molecular complexity index is 336. The molecule has 0 amide bonds. The van der Waals surface area contributed by atoms with E-state index in [4.69, 9.17) is 9.47 Å². The van der Waals surface area contributed by atoms with Crippen LogP contribution in [0.2, 0.25) is 0 Å². The minimum atomic E-state index is 0. The summed E-state index contributed by atoms with van der Waals surface area (Å²) in [5.41, 5.74) is 0. The third-order valence-electron chi connectivity index (χ3n) is 1.85. The molecule has 92 valence electrons. The summed E-state index contributed by atoms with van der Waals surface area (Å²) in [4.78, 5) is 0. The minimum absolute atomic E-state index is 0. The fraction of sp³-hybridized carbons (Fsp3) is 0.143. The summed E-state index contributed by atoms with van der Waals surface area (Å²) in [6.07, 6.45) is 0. The average molecular weight is 321 g/mol. The largest absolute Gasteiger partial charge is 2.00 e. The van der Waals surface area contributed by atoms with Crippen molar-refractivity contribution in [1.29, 1.82) is 0 Å². The van der Waals surface area contributed by atoms with Crippen molar-refractivity contribution < 1.29 is 29.9 Å². The number of benzene rings is 2. The van der Waals surface area contributed by atoms with Gasteiger partial charge in [-0.1, -0.05) is 0 Å². The number of hydrogen-bond acceptors (Lipinski definition) is 2. The Kier molecular flexibility index (Phi) is 9.14. The van der Waals surface area contributed by atoms with Crippen molar-refractivity contribution in [1.82, 2.24) is 0 Å². The standard InChI is InChI=1S/2C7H7O.Pd/c2*1-8-7-5-3-2-4-6-7;/h2*3-6H,1H3;/q2*-1;+2. The maximum atomic E-state index is 4.89. The molecule has 0 bridgehead atoms. The molecular weight excluding hydrogens is 307 g/mol. The first kappa shape index (κ1) is 15.7. The molecule has 17 heavy (non-hydrogen) atoms. The molecule has 2 aromatic carbocycles. The van der Waals surface area contributed by atoms with Gasteiger partial charge in [0, 0.05) is 11.5 Å². The van der Waals surface area contributed by atoms with Gasteiger partial charge in [-0.15, -0.1) is 24.3 Å². The van der Waals surface area contributed by atoms with E-state index in [0.717, 1.165) is 11.5 Å². The van der Waals surface area contributed by atoms with Crippen LogP contribution in [0, 0.1) is 12.1 Å². The molecule has 0 saturated heterocycles. The van der Waals surface area contributed by atoms with Crippen LogP contribution in [0.5, 0.6) is 11.5 Å². The topological polar surface area (TPSA) is 18.5 Å². The summed E-state index contributed by atoms with van der Waals surface area (Å²) in [5, 5.41) is 0. The molecule has 0 aliphatic heterocycles. The summed E-state index contributed by atoms with van der Waals surface area (Å²) in [6, 6.07) is 20.5. The van der Waals surface area contributed by atoms with E-state index in [1.54, 1.807) is 14.2 Å². The van der Waals surface area contributed by atoms with Crippen molar-refractivity contribution in [3.05, 3.63) is 60.7 Å². The van der Waals surface area contributed by atoms with Crippen molar-refractivity contribution in [2.24, 2.45) is 0 Å². The summed E-state index contributed by atoms with van der Waals surface area (Å²) in [5.74, 6) is 1.76. The van der Waals surface area contributed by atoms with E-state index in [1.165, 1.54) is 0 Å². The molecule has 2 nitrogen and oxygen atoms in total.